The number of pyridine rings is 1. The van der Waals surface area contributed by atoms with E-state index >= 15 is 0 Å². The van der Waals surface area contributed by atoms with Crippen LogP contribution in [0.15, 0.2) is 23.3 Å². The summed E-state index contributed by atoms with van der Waals surface area (Å²) in [5, 5.41) is 7.72. The van der Waals surface area contributed by atoms with Gasteiger partial charge in [0.05, 0.1) is 37.1 Å². The molecule has 9 nitrogen and oxygen atoms in total. The Morgan fingerprint density at radius 1 is 1.21 bits per heavy atom. The van der Waals surface area contributed by atoms with Crippen molar-refractivity contribution in [1.29, 1.82) is 0 Å². The number of fused-ring (bicyclic) bond motifs is 3. The lowest BCUT2D eigenvalue weighted by molar-refractivity contribution is -0.138. The Morgan fingerprint density at radius 3 is 2.68 bits per heavy atom. The van der Waals surface area contributed by atoms with Gasteiger partial charge in [0.1, 0.15) is 11.4 Å². The van der Waals surface area contributed by atoms with Crippen molar-refractivity contribution in [3.8, 4) is 0 Å². The first kappa shape index (κ1) is 27.7. The Kier molecular flexibility index (Phi) is 7.85. The molecule has 208 valence electrons. The van der Waals surface area contributed by atoms with Gasteiger partial charge >= 0.3 is 12.4 Å². The van der Waals surface area contributed by atoms with Crippen LogP contribution in [0.1, 0.15) is 36.5 Å². The number of hydrogen-bond donors (Lipinski definition) is 2. The number of amides is 1. The molecule has 2 aromatic rings. The van der Waals surface area contributed by atoms with E-state index in [1.807, 2.05) is 4.90 Å². The number of alkyl halides is 6. The van der Waals surface area contributed by atoms with Crippen molar-refractivity contribution in [1.82, 2.24) is 20.1 Å². The van der Waals surface area contributed by atoms with E-state index < -0.39 is 40.8 Å². The van der Waals surface area contributed by atoms with Crippen LogP contribution in [0.25, 0.3) is 0 Å². The second kappa shape index (κ2) is 10.8. The second-order valence-corrected chi connectivity index (χ2v) is 9.29. The molecule has 2 aromatic heterocycles. The van der Waals surface area contributed by atoms with E-state index in [0.29, 0.717) is 43.9 Å². The summed E-state index contributed by atoms with van der Waals surface area (Å²) in [5.74, 6) is 0.366. The summed E-state index contributed by atoms with van der Waals surface area (Å²) in [6.07, 6.45) is -6.52. The molecule has 2 aliphatic heterocycles. The van der Waals surface area contributed by atoms with Gasteiger partial charge in [0.15, 0.2) is 0 Å². The molecule has 0 radical (unpaired) electrons. The predicted molar refractivity (Wildman–Crippen MR) is 124 cm³/mol. The van der Waals surface area contributed by atoms with Gasteiger partial charge in [0.2, 0.25) is 5.91 Å². The summed E-state index contributed by atoms with van der Waals surface area (Å²) in [4.78, 5) is 31.9. The summed E-state index contributed by atoms with van der Waals surface area (Å²) < 4.78 is 84.0. The van der Waals surface area contributed by atoms with Crippen molar-refractivity contribution < 1.29 is 35.9 Å². The number of aromatic nitrogens is 3. The third-order valence-corrected chi connectivity index (χ3v) is 6.49. The Hall–Kier alpha value is -3.36. The van der Waals surface area contributed by atoms with Gasteiger partial charge in [-0.3, -0.25) is 9.59 Å². The Bertz CT molecular complexity index is 1220. The van der Waals surface area contributed by atoms with Crippen molar-refractivity contribution in [2.45, 2.75) is 50.6 Å². The fourth-order valence-corrected chi connectivity index (χ4v) is 4.70. The molecule has 4 rings (SSSR count). The zero-order chi connectivity index (χ0) is 27.7. The number of rotatable bonds is 7. The number of carbonyl (C=O) groups is 1. The minimum atomic E-state index is -4.86. The number of anilines is 2. The number of aromatic amines is 1. The summed E-state index contributed by atoms with van der Waals surface area (Å²) >= 11 is 0. The highest BCUT2D eigenvalue weighted by molar-refractivity contribution is 5.76. The second-order valence-electron chi connectivity index (χ2n) is 9.29. The number of nitrogens with zero attached hydrogens (tertiary/aromatic N) is 4. The Balaban J connectivity index is 1.24. The molecule has 2 N–H and O–H groups in total. The molecule has 0 spiro atoms. The fraction of sp³-hybridized carbons (Fsp3) is 0.565. The molecule has 1 saturated heterocycles. The van der Waals surface area contributed by atoms with Gasteiger partial charge in [-0.1, -0.05) is 0 Å². The van der Waals surface area contributed by atoms with Crippen LogP contribution in [0.5, 0.6) is 0 Å². The highest BCUT2D eigenvalue weighted by atomic mass is 19.4. The maximum Gasteiger partial charge on any atom is 0.423 e. The molecule has 1 fully saturated rings. The number of nitrogens with one attached hydrogen (secondary N) is 2. The highest BCUT2D eigenvalue weighted by Crippen LogP contribution is 2.36. The largest absolute Gasteiger partial charge is 0.423 e. The van der Waals surface area contributed by atoms with Crippen molar-refractivity contribution in [3.63, 3.8) is 0 Å². The Morgan fingerprint density at radius 2 is 1.97 bits per heavy atom. The van der Waals surface area contributed by atoms with Gasteiger partial charge in [-0.15, -0.1) is 0 Å². The topological polar surface area (TPSA) is 103 Å². The lowest BCUT2D eigenvalue weighted by Gasteiger charge is -2.45. The first-order chi connectivity index (χ1) is 17.8. The first-order valence-corrected chi connectivity index (χ1v) is 11.9. The number of piperazine rings is 1. The first-order valence-electron chi connectivity index (χ1n) is 11.9. The maximum atomic E-state index is 13.2. The summed E-state index contributed by atoms with van der Waals surface area (Å²) in [6.45, 7) is 2.82. The summed E-state index contributed by atoms with van der Waals surface area (Å²) in [6, 6.07) is 0.477. The minimum Gasteiger partial charge on any atom is -0.379 e. The molecule has 1 amide bonds. The zero-order valence-electron chi connectivity index (χ0n) is 20.3. The summed E-state index contributed by atoms with van der Waals surface area (Å²) in [7, 11) is 0. The van der Waals surface area contributed by atoms with Crippen LogP contribution < -0.4 is 15.8 Å². The Labute approximate surface area is 213 Å². The third-order valence-electron chi connectivity index (χ3n) is 6.49. The standard InChI is InChI=1S/C23H26F6N6O3/c1-13(32-17-10-31-33-21(37)19(17)23(27,28)29)12-38-7-4-18(36)34-5-6-35-16(11-34)3-2-14-8-15(22(24,25)26)9-30-20(14)35/h8-10,13,16H,2-7,11-12H2,1H3,(H2,32,33,37)/t13-,16+/m0/s1. The molecule has 4 heterocycles. The molecule has 0 saturated carbocycles. The third kappa shape index (κ3) is 6.19. The molecule has 0 aromatic carbocycles. The van der Waals surface area contributed by atoms with E-state index in [4.69, 9.17) is 4.74 Å². The number of aryl methyl sites for hydroxylation is 1. The number of hydrogen-bond acceptors (Lipinski definition) is 7. The average Bonchev–Trinajstić information content (AvgIpc) is 2.84. The van der Waals surface area contributed by atoms with E-state index in [2.05, 4.69) is 15.4 Å². The van der Waals surface area contributed by atoms with Gasteiger partial charge < -0.3 is 19.9 Å². The van der Waals surface area contributed by atoms with Crippen molar-refractivity contribution >= 4 is 17.4 Å². The number of ether oxygens (including phenoxy) is 1. The number of halogens is 6. The average molecular weight is 548 g/mol. The molecule has 2 atom stereocenters. The van der Waals surface area contributed by atoms with Gasteiger partial charge in [0, 0.05) is 37.9 Å². The number of H-pyrrole nitrogens is 1. The van der Waals surface area contributed by atoms with Crippen molar-refractivity contribution in [3.05, 3.63) is 45.5 Å². The van der Waals surface area contributed by atoms with Crippen molar-refractivity contribution in [2.75, 3.05) is 43.1 Å². The quantitative estimate of drug-likeness (QED) is 0.405. The van der Waals surface area contributed by atoms with E-state index in [9.17, 15) is 35.9 Å². The van der Waals surface area contributed by atoms with Crippen LogP contribution in [0.3, 0.4) is 0 Å². The van der Waals surface area contributed by atoms with Crippen molar-refractivity contribution in [2.24, 2.45) is 0 Å². The molecule has 15 heteroatoms. The molecule has 0 aliphatic carbocycles. The maximum absolute atomic E-state index is 13.2. The summed E-state index contributed by atoms with van der Waals surface area (Å²) in [5.41, 5.74) is -3.43. The van der Waals surface area contributed by atoms with Crippen LogP contribution in [0, 0.1) is 0 Å². The highest BCUT2D eigenvalue weighted by Gasteiger charge is 2.38. The van der Waals surface area contributed by atoms with Gasteiger partial charge in [-0.25, -0.2) is 10.1 Å². The molecular formula is C23H26F6N6O3. The van der Waals surface area contributed by atoms with E-state index in [1.165, 1.54) is 0 Å². The monoisotopic (exact) mass is 548 g/mol. The van der Waals surface area contributed by atoms with Crippen LogP contribution in [0.4, 0.5) is 37.8 Å². The van der Waals surface area contributed by atoms with Crippen LogP contribution in [-0.2, 0) is 28.3 Å². The van der Waals surface area contributed by atoms with Gasteiger partial charge in [0.25, 0.3) is 5.56 Å². The molecule has 2 aliphatic rings. The van der Waals surface area contributed by atoms with Crippen LogP contribution >= 0.6 is 0 Å². The molecular weight excluding hydrogens is 522 g/mol. The van der Waals surface area contributed by atoms with E-state index in [1.54, 1.807) is 16.9 Å². The molecule has 0 bridgehead atoms. The fourth-order valence-electron chi connectivity index (χ4n) is 4.70. The smallest absolute Gasteiger partial charge is 0.379 e. The van der Waals surface area contributed by atoms with Gasteiger partial charge in [-0.05, 0) is 31.4 Å². The van der Waals surface area contributed by atoms with Crippen LogP contribution in [-0.4, -0.2) is 70.9 Å². The lowest BCUT2D eigenvalue weighted by Crippen LogP contribution is -2.56. The van der Waals surface area contributed by atoms with E-state index in [0.717, 1.165) is 18.5 Å². The number of carbonyl (C=O) groups excluding carboxylic acids is 1. The zero-order valence-corrected chi connectivity index (χ0v) is 20.3. The van der Waals surface area contributed by atoms with Gasteiger partial charge in [-0.2, -0.15) is 31.4 Å². The van der Waals surface area contributed by atoms with E-state index in [-0.39, 0.29) is 31.6 Å². The molecule has 0 unspecified atom stereocenters. The normalized spacial score (nSPS) is 18.6. The predicted octanol–water partition coefficient (Wildman–Crippen LogP) is 3.07. The van der Waals surface area contributed by atoms with Crippen LogP contribution in [0.2, 0.25) is 0 Å². The molecule has 38 heavy (non-hydrogen) atoms. The SMILES string of the molecule is C[C@@H](COCCC(=O)N1CCN2c3ncc(C(F)(F)F)cc3CC[C@@H]2C1)Nc1cn[nH]c(=O)c1C(F)(F)F. The minimum absolute atomic E-state index is 0.0177. The lowest BCUT2D eigenvalue weighted by atomic mass is 9.95.